The van der Waals surface area contributed by atoms with Crippen molar-refractivity contribution >= 4 is 46.7 Å². The van der Waals surface area contributed by atoms with Crippen molar-refractivity contribution in [2.45, 2.75) is 0 Å². The predicted octanol–water partition coefficient (Wildman–Crippen LogP) is 2.91. The summed E-state index contributed by atoms with van der Waals surface area (Å²) in [4.78, 5) is 21.5. The van der Waals surface area contributed by atoms with Gasteiger partial charge in [0.1, 0.15) is 0 Å². The van der Waals surface area contributed by atoms with Crippen LogP contribution >= 0.6 is 11.6 Å². The molecule has 0 unspecified atom stereocenters. The smallest absolute Gasteiger partial charge is 0.338 e. The Kier molecular flexibility index (Phi) is 5.63. The number of terminal acetylenes is 1. The Labute approximate surface area is 207 Å². The van der Waals surface area contributed by atoms with Crippen molar-refractivity contribution in [3.05, 3.63) is 100 Å². The van der Waals surface area contributed by atoms with Crippen LogP contribution in [0.25, 0.3) is 22.0 Å². The number of hydrogen-bond donors (Lipinski definition) is 0. The molecule has 0 aliphatic carbocycles. The molecule has 0 saturated heterocycles. The van der Waals surface area contributed by atoms with Gasteiger partial charge in [0.25, 0.3) is 5.56 Å². The maximum Gasteiger partial charge on any atom is 0.374 e. The zero-order valence-corrected chi connectivity index (χ0v) is 20.8. The minimum absolute atomic E-state index is 0.193. The van der Waals surface area contributed by atoms with E-state index in [9.17, 15) is 4.79 Å². The zero-order valence-electron chi connectivity index (χ0n) is 19.0. The minimum atomic E-state index is -4.07. The third-order valence-corrected chi connectivity index (χ3v) is 9.79. The Balaban J connectivity index is 1.84. The van der Waals surface area contributed by atoms with Gasteiger partial charge >= 0.3 is 8.41 Å². The van der Waals surface area contributed by atoms with E-state index in [4.69, 9.17) is 18.0 Å². The highest BCUT2D eigenvalue weighted by atomic mass is 35.5. The summed E-state index contributed by atoms with van der Waals surface area (Å²) >= 11 is 6.10. The average molecular weight is 499 g/mol. The maximum absolute atomic E-state index is 17.5. The third kappa shape index (κ3) is 3.77. The van der Waals surface area contributed by atoms with Crippen molar-refractivity contribution in [2.75, 3.05) is 0 Å². The molecule has 0 fully saturated rings. The van der Waals surface area contributed by atoms with Crippen LogP contribution in [0.5, 0.6) is 0 Å². The monoisotopic (exact) mass is 498 g/mol. The van der Waals surface area contributed by atoms with Crippen molar-refractivity contribution < 1.29 is 4.11 Å². The van der Waals surface area contributed by atoms with E-state index in [0.29, 0.717) is 42.9 Å². The number of hydrogen-bond acceptors (Lipinski definition) is 3. The van der Waals surface area contributed by atoms with Crippen LogP contribution in [0, 0.1) is 12.3 Å². The second kappa shape index (κ2) is 8.66. The van der Waals surface area contributed by atoms with Gasteiger partial charge in [0.15, 0.2) is 0 Å². The Hall–Kier alpha value is -3.99. The predicted molar refractivity (Wildman–Crippen MR) is 141 cm³/mol. The minimum Gasteiger partial charge on any atom is -0.338 e. The quantitative estimate of drug-likeness (QED) is 0.217. The number of benzene rings is 2. The van der Waals surface area contributed by atoms with E-state index in [0.717, 1.165) is 5.56 Å². The molecule has 5 rings (SSSR count). The van der Waals surface area contributed by atoms with Crippen LogP contribution in [0.4, 0.5) is 4.11 Å². The van der Waals surface area contributed by atoms with Gasteiger partial charge in [-0.15, -0.1) is 6.42 Å². The molecule has 0 saturated carbocycles. The summed E-state index contributed by atoms with van der Waals surface area (Å²) in [6.07, 6.45) is 10.3. The number of nitrogens with zero attached hydrogens (tertiary/aromatic N) is 4. The lowest BCUT2D eigenvalue weighted by Gasteiger charge is -2.24. The average Bonchev–Trinajstić information content (AvgIpc) is 3.32. The number of aromatic nitrogens is 4. The van der Waals surface area contributed by atoms with Crippen LogP contribution in [0.2, 0.25) is 5.02 Å². The molecule has 0 N–H and O–H groups in total. The fraction of sp³-hybridized carbons (Fsp3) is 0.0741. The summed E-state index contributed by atoms with van der Waals surface area (Å²) in [6, 6.07) is 17.4. The lowest BCUT2D eigenvalue weighted by molar-refractivity contribution is 0.820. The summed E-state index contributed by atoms with van der Waals surface area (Å²) in [5, 5.41) is 2.47. The number of imidazole rings is 1. The molecule has 1 atom stereocenters. The van der Waals surface area contributed by atoms with Gasteiger partial charge in [0.05, 0.1) is 28.7 Å². The topological polar surface area (TPSA) is 52.7 Å². The van der Waals surface area contributed by atoms with Crippen molar-refractivity contribution in [3.8, 4) is 23.5 Å². The van der Waals surface area contributed by atoms with E-state index in [1.165, 1.54) is 4.57 Å². The summed E-state index contributed by atoms with van der Waals surface area (Å²) < 4.78 is 20.6. The molecular formula is C27H20ClFN4OSi. The maximum atomic E-state index is 17.5. The fourth-order valence-corrected chi connectivity index (χ4v) is 7.34. The van der Waals surface area contributed by atoms with Crippen molar-refractivity contribution in [2.24, 2.45) is 14.1 Å². The van der Waals surface area contributed by atoms with E-state index in [-0.39, 0.29) is 5.56 Å². The third-order valence-electron chi connectivity index (χ3n) is 6.24. The van der Waals surface area contributed by atoms with E-state index < -0.39 is 8.41 Å². The molecule has 172 valence electrons. The van der Waals surface area contributed by atoms with Crippen molar-refractivity contribution in [1.29, 1.82) is 0 Å². The molecule has 0 aliphatic rings. The Morgan fingerprint density at radius 2 is 1.83 bits per heavy atom. The molecule has 3 aromatic heterocycles. The first kappa shape index (κ1) is 22.8. The lowest BCUT2D eigenvalue weighted by atomic mass is 10.0. The first-order valence-electron chi connectivity index (χ1n) is 10.8. The van der Waals surface area contributed by atoms with Crippen molar-refractivity contribution in [3.63, 3.8) is 0 Å². The van der Waals surface area contributed by atoms with Gasteiger partial charge < -0.3 is 9.13 Å². The molecule has 2 aromatic carbocycles. The van der Waals surface area contributed by atoms with Gasteiger partial charge in [-0.05, 0) is 46.6 Å². The molecule has 35 heavy (non-hydrogen) atoms. The van der Waals surface area contributed by atoms with Gasteiger partial charge in [-0.3, -0.25) is 13.9 Å². The molecule has 8 heteroatoms. The highest BCUT2D eigenvalue weighted by Crippen LogP contribution is 2.27. The molecule has 0 spiro atoms. The first-order valence-corrected chi connectivity index (χ1v) is 13.1. The molecule has 3 heterocycles. The number of rotatable bonds is 4. The van der Waals surface area contributed by atoms with E-state index in [1.807, 2.05) is 24.3 Å². The second-order valence-electron chi connectivity index (χ2n) is 8.32. The molecule has 0 radical (unpaired) electrons. The van der Waals surface area contributed by atoms with Crippen LogP contribution in [-0.2, 0) is 14.1 Å². The molecule has 0 amide bonds. The highest BCUT2D eigenvalue weighted by molar-refractivity contribution is 7.05. The summed E-state index contributed by atoms with van der Waals surface area (Å²) in [5.74, 6) is 2.63. The summed E-state index contributed by atoms with van der Waals surface area (Å²) in [5.41, 5.74) is 2.54. The van der Waals surface area contributed by atoms with Gasteiger partial charge in [-0.25, -0.2) is 4.98 Å². The first-order chi connectivity index (χ1) is 16.8. The molecular weight excluding hydrogens is 479 g/mol. The molecule has 0 bridgehead atoms. The number of pyridine rings is 2. The van der Waals surface area contributed by atoms with E-state index >= 15 is 4.11 Å². The van der Waals surface area contributed by atoms with Crippen LogP contribution in [0.3, 0.4) is 0 Å². The Morgan fingerprint density at radius 1 is 1.06 bits per heavy atom. The van der Waals surface area contributed by atoms with Crippen molar-refractivity contribution in [1.82, 2.24) is 19.1 Å². The standard InChI is InChI=1S/C27H20ClFN4OSi/c1-4-18-6-5-7-19(12-18)22-14-26(34)33(3)24-15-31-25(13-23(22)24)35(29,27-16-30-17-32(27)2)21-10-8-20(28)9-11-21/h1,5-17H,2-3H3/t35-/m1/s1. The molecule has 0 aliphatic heterocycles. The van der Waals surface area contributed by atoms with Gasteiger partial charge in [0, 0.05) is 42.3 Å². The highest BCUT2D eigenvalue weighted by Gasteiger charge is 2.45. The largest absolute Gasteiger partial charge is 0.374 e. The molecule has 5 aromatic rings. The Morgan fingerprint density at radius 3 is 2.51 bits per heavy atom. The Bertz CT molecular complexity index is 1690. The van der Waals surface area contributed by atoms with Gasteiger partial charge in [0.2, 0.25) is 0 Å². The normalized spacial score (nSPS) is 12.9. The summed E-state index contributed by atoms with van der Waals surface area (Å²) in [6.45, 7) is 0. The zero-order chi connectivity index (χ0) is 24.7. The van der Waals surface area contributed by atoms with Crippen LogP contribution in [0.1, 0.15) is 5.56 Å². The van der Waals surface area contributed by atoms with E-state index in [1.54, 1.807) is 73.8 Å². The van der Waals surface area contributed by atoms with Crippen LogP contribution in [0.15, 0.2) is 84.2 Å². The van der Waals surface area contributed by atoms with Crippen LogP contribution < -0.4 is 21.4 Å². The second-order valence-corrected chi connectivity index (χ2v) is 11.7. The summed E-state index contributed by atoms with van der Waals surface area (Å²) in [7, 11) is -0.632. The van der Waals surface area contributed by atoms with Gasteiger partial charge in [-0.2, -0.15) is 0 Å². The number of fused-ring (bicyclic) bond motifs is 1. The van der Waals surface area contributed by atoms with E-state index in [2.05, 4.69) is 15.9 Å². The number of halogens is 2. The van der Waals surface area contributed by atoms with Crippen LogP contribution in [-0.4, -0.2) is 27.5 Å². The SMILES string of the molecule is C#Cc1cccc(-c2cc(=O)n(C)c3cnc([Si@](F)(c4ccc(Cl)cc4)c4cncn4C)cc23)c1. The molecule has 5 nitrogen and oxygen atoms in total. The fourth-order valence-electron chi connectivity index (χ4n) is 4.35. The number of aryl methyl sites for hydroxylation is 2. The lowest BCUT2D eigenvalue weighted by Crippen LogP contribution is -2.66. The van der Waals surface area contributed by atoms with Gasteiger partial charge in [-0.1, -0.05) is 41.8 Å².